The SMILES string of the molecule is COCCC(=O)Nc1ccc2n(c1=O)C[C@H]1C[C@@H]2CN(C(=O)c2ccc(N(C)C)cc2)C1. The van der Waals surface area contributed by atoms with Gasteiger partial charge < -0.3 is 24.4 Å². The topological polar surface area (TPSA) is 83.9 Å². The van der Waals surface area contributed by atoms with Crippen LogP contribution in [0.2, 0.25) is 0 Å². The number of rotatable bonds is 6. The summed E-state index contributed by atoms with van der Waals surface area (Å²) in [5.41, 5.74) is 2.78. The molecule has 1 aromatic carbocycles. The van der Waals surface area contributed by atoms with E-state index in [0.717, 1.165) is 17.8 Å². The van der Waals surface area contributed by atoms with Crippen LogP contribution in [0.15, 0.2) is 41.2 Å². The molecule has 32 heavy (non-hydrogen) atoms. The fourth-order valence-electron chi connectivity index (χ4n) is 4.70. The monoisotopic (exact) mass is 438 g/mol. The molecule has 3 heterocycles. The Labute approximate surface area is 187 Å². The van der Waals surface area contributed by atoms with E-state index in [1.165, 1.54) is 7.11 Å². The molecule has 2 bridgehead atoms. The number of nitrogens with one attached hydrogen (secondary N) is 1. The molecule has 1 fully saturated rings. The highest BCUT2D eigenvalue weighted by molar-refractivity contribution is 5.94. The second kappa shape index (κ2) is 9.16. The molecule has 8 heteroatoms. The molecular weight excluding hydrogens is 408 g/mol. The van der Waals surface area contributed by atoms with Crippen molar-refractivity contribution in [1.82, 2.24) is 9.47 Å². The first-order valence-corrected chi connectivity index (χ1v) is 11.0. The van der Waals surface area contributed by atoms with Crippen LogP contribution >= 0.6 is 0 Å². The average molecular weight is 439 g/mol. The fourth-order valence-corrected chi connectivity index (χ4v) is 4.70. The Morgan fingerprint density at radius 2 is 1.84 bits per heavy atom. The van der Waals surface area contributed by atoms with Gasteiger partial charge in [-0.15, -0.1) is 0 Å². The summed E-state index contributed by atoms with van der Waals surface area (Å²) in [6.07, 6.45) is 1.16. The number of anilines is 2. The van der Waals surface area contributed by atoms with E-state index in [-0.39, 0.29) is 35.6 Å². The Morgan fingerprint density at radius 3 is 2.53 bits per heavy atom. The lowest BCUT2D eigenvalue weighted by Crippen LogP contribution is -2.49. The molecule has 0 unspecified atom stereocenters. The van der Waals surface area contributed by atoms with Crippen LogP contribution in [-0.4, -0.2) is 62.2 Å². The second-order valence-corrected chi connectivity index (χ2v) is 8.83. The number of pyridine rings is 1. The Kier molecular flexibility index (Phi) is 6.32. The molecular formula is C24H30N4O4. The van der Waals surface area contributed by atoms with Crippen LogP contribution in [-0.2, 0) is 16.1 Å². The number of hydrogen-bond donors (Lipinski definition) is 1. The van der Waals surface area contributed by atoms with Crippen LogP contribution in [0.25, 0.3) is 0 Å². The van der Waals surface area contributed by atoms with E-state index in [1.54, 1.807) is 10.6 Å². The third-order valence-corrected chi connectivity index (χ3v) is 6.33. The highest BCUT2D eigenvalue weighted by Crippen LogP contribution is 2.36. The first-order valence-electron chi connectivity index (χ1n) is 11.0. The molecule has 1 N–H and O–H groups in total. The van der Waals surface area contributed by atoms with Crippen LogP contribution in [0.1, 0.15) is 34.8 Å². The van der Waals surface area contributed by atoms with Crippen LogP contribution in [0.5, 0.6) is 0 Å². The van der Waals surface area contributed by atoms with Gasteiger partial charge in [0.05, 0.1) is 13.0 Å². The largest absolute Gasteiger partial charge is 0.384 e. The quantitative estimate of drug-likeness (QED) is 0.747. The molecule has 2 atom stereocenters. The third kappa shape index (κ3) is 4.41. The third-order valence-electron chi connectivity index (χ3n) is 6.33. The van der Waals surface area contributed by atoms with Gasteiger partial charge >= 0.3 is 0 Å². The highest BCUT2D eigenvalue weighted by Gasteiger charge is 2.37. The molecule has 1 aromatic heterocycles. The minimum absolute atomic E-state index is 0.0304. The normalized spacial score (nSPS) is 19.3. The van der Waals surface area contributed by atoms with Crippen LogP contribution in [0.3, 0.4) is 0 Å². The zero-order valence-corrected chi connectivity index (χ0v) is 18.8. The summed E-state index contributed by atoms with van der Waals surface area (Å²) >= 11 is 0. The molecule has 2 aliphatic heterocycles. The molecule has 2 amide bonds. The Bertz CT molecular complexity index is 1060. The summed E-state index contributed by atoms with van der Waals surface area (Å²) in [4.78, 5) is 42.1. The number of piperidine rings is 1. The number of likely N-dealkylation sites (tertiary alicyclic amines) is 1. The van der Waals surface area contributed by atoms with Crippen molar-refractivity contribution in [2.24, 2.45) is 5.92 Å². The van der Waals surface area contributed by atoms with Crippen molar-refractivity contribution in [2.45, 2.75) is 25.3 Å². The van der Waals surface area contributed by atoms with Gasteiger partial charge in [0, 0.05) is 63.7 Å². The molecule has 2 aromatic rings. The van der Waals surface area contributed by atoms with Crippen molar-refractivity contribution < 1.29 is 14.3 Å². The van der Waals surface area contributed by atoms with E-state index in [4.69, 9.17) is 4.74 Å². The molecule has 0 aliphatic carbocycles. The number of hydrogen-bond acceptors (Lipinski definition) is 5. The van der Waals surface area contributed by atoms with Crippen molar-refractivity contribution >= 4 is 23.2 Å². The minimum atomic E-state index is -0.238. The first-order chi connectivity index (χ1) is 15.4. The summed E-state index contributed by atoms with van der Waals surface area (Å²) in [6.45, 7) is 2.07. The van der Waals surface area contributed by atoms with Gasteiger partial charge in [0.25, 0.3) is 11.5 Å². The van der Waals surface area contributed by atoms with Crippen molar-refractivity contribution in [3.05, 3.63) is 58.0 Å². The molecule has 8 nitrogen and oxygen atoms in total. The maximum absolute atomic E-state index is 13.1. The maximum atomic E-state index is 13.1. The van der Waals surface area contributed by atoms with Crippen LogP contribution in [0.4, 0.5) is 11.4 Å². The lowest BCUT2D eigenvalue weighted by molar-refractivity contribution is -0.117. The number of methoxy groups -OCH3 is 1. The number of amides is 2. The molecule has 170 valence electrons. The number of benzene rings is 1. The predicted molar refractivity (Wildman–Crippen MR) is 123 cm³/mol. The Morgan fingerprint density at radius 1 is 1.09 bits per heavy atom. The number of aromatic nitrogens is 1. The van der Waals surface area contributed by atoms with Gasteiger partial charge in [0.2, 0.25) is 5.91 Å². The van der Waals surface area contributed by atoms with Gasteiger partial charge in [-0.05, 0) is 48.7 Å². The zero-order valence-electron chi connectivity index (χ0n) is 18.8. The lowest BCUT2D eigenvalue weighted by atomic mass is 9.83. The Hall–Kier alpha value is -3.13. The van der Waals surface area contributed by atoms with Gasteiger partial charge in [-0.3, -0.25) is 14.4 Å². The maximum Gasteiger partial charge on any atom is 0.274 e. The van der Waals surface area contributed by atoms with Crippen molar-refractivity contribution in [1.29, 1.82) is 0 Å². The molecule has 1 saturated heterocycles. The number of fused-ring (bicyclic) bond motifs is 4. The first kappa shape index (κ1) is 22.1. The molecule has 2 aliphatic rings. The summed E-state index contributed by atoms with van der Waals surface area (Å²) < 4.78 is 6.70. The van der Waals surface area contributed by atoms with Gasteiger partial charge in [-0.1, -0.05) is 0 Å². The Balaban J connectivity index is 1.51. The summed E-state index contributed by atoms with van der Waals surface area (Å²) in [6, 6.07) is 11.2. The predicted octanol–water partition coefficient (Wildman–Crippen LogP) is 2.15. The summed E-state index contributed by atoms with van der Waals surface area (Å²) in [7, 11) is 5.48. The zero-order chi connectivity index (χ0) is 22.8. The van der Waals surface area contributed by atoms with Crippen molar-refractivity contribution in [2.75, 3.05) is 51.1 Å². The molecule has 0 spiro atoms. The molecule has 4 rings (SSSR count). The van der Waals surface area contributed by atoms with Gasteiger partial charge in [0.15, 0.2) is 0 Å². The van der Waals surface area contributed by atoms with Gasteiger partial charge in [-0.25, -0.2) is 0 Å². The number of nitrogens with zero attached hydrogens (tertiary/aromatic N) is 3. The van der Waals surface area contributed by atoms with E-state index in [9.17, 15) is 14.4 Å². The number of ether oxygens (including phenoxy) is 1. The molecule has 0 radical (unpaired) electrons. The van der Waals surface area contributed by atoms with E-state index in [2.05, 4.69) is 5.32 Å². The van der Waals surface area contributed by atoms with E-state index < -0.39 is 0 Å². The fraction of sp³-hybridized carbons (Fsp3) is 0.458. The second-order valence-electron chi connectivity index (χ2n) is 8.83. The van der Waals surface area contributed by atoms with E-state index in [0.29, 0.717) is 37.5 Å². The van der Waals surface area contributed by atoms with Crippen LogP contribution in [0, 0.1) is 5.92 Å². The number of carbonyl (C=O) groups is 2. The minimum Gasteiger partial charge on any atom is -0.384 e. The standard InChI is InChI=1S/C24H30N4O4/c1-26(2)19-6-4-17(5-7-19)23(30)27-13-16-12-18(15-27)21-9-8-20(24(31)28(21)14-16)25-22(29)10-11-32-3/h4-9,16,18H,10-15H2,1-3H3,(H,25,29)/t16-,18+/m0/s1. The van der Waals surface area contributed by atoms with E-state index in [1.807, 2.05) is 54.2 Å². The van der Waals surface area contributed by atoms with Gasteiger partial charge in [-0.2, -0.15) is 0 Å². The smallest absolute Gasteiger partial charge is 0.274 e. The molecule has 0 saturated carbocycles. The van der Waals surface area contributed by atoms with Gasteiger partial charge in [0.1, 0.15) is 5.69 Å². The lowest BCUT2D eigenvalue weighted by Gasteiger charge is -2.43. The summed E-state index contributed by atoms with van der Waals surface area (Å²) in [5, 5.41) is 2.70. The van der Waals surface area contributed by atoms with Crippen LogP contribution < -0.4 is 15.8 Å². The van der Waals surface area contributed by atoms with Crippen molar-refractivity contribution in [3.8, 4) is 0 Å². The van der Waals surface area contributed by atoms with Crippen molar-refractivity contribution in [3.63, 3.8) is 0 Å². The van der Waals surface area contributed by atoms with E-state index >= 15 is 0 Å². The highest BCUT2D eigenvalue weighted by atomic mass is 16.5. The average Bonchev–Trinajstić information content (AvgIpc) is 2.79. The number of carbonyl (C=O) groups excluding carboxylic acids is 2. The summed E-state index contributed by atoms with van der Waals surface area (Å²) in [5.74, 6) is 0.113.